The summed E-state index contributed by atoms with van der Waals surface area (Å²) in [5, 5.41) is 5.00. The number of ether oxygens (including phenoxy) is 2. The lowest BCUT2D eigenvalue weighted by molar-refractivity contribution is -0.130. The summed E-state index contributed by atoms with van der Waals surface area (Å²) in [5.41, 5.74) is 3.92. The van der Waals surface area contributed by atoms with Gasteiger partial charge in [-0.2, -0.15) is 0 Å². The van der Waals surface area contributed by atoms with Gasteiger partial charge in [0.2, 0.25) is 0 Å². The fourth-order valence-corrected chi connectivity index (χ4v) is 7.01. The molecule has 8 heteroatoms. The van der Waals surface area contributed by atoms with Crippen LogP contribution in [-0.2, 0) is 16.0 Å². The molecule has 2 unspecified atom stereocenters. The molecule has 224 valence electrons. The smallest absolute Gasteiger partial charge is 0.428 e. The highest BCUT2D eigenvalue weighted by Gasteiger charge is 2.40. The second-order valence-electron chi connectivity index (χ2n) is 13.1. The number of benzene rings is 2. The molecule has 0 radical (unpaired) electrons. The maximum atomic E-state index is 14.2. The summed E-state index contributed by atoms with van der Waals surface area (Å²) in [7, 11) is 0. The Balaban J connectivity index is 1.17. The molecule has 42 heavy (non-hydrogen) atoms. The Morgan fingerprint density at radius 3 is 2.50 bits per heavy atom. The molecule has 0 bridgehead atoms. The topological polar surface area (TPSA) is 86.9 Å². The van der Waals surface area contributed by atoms with Crippen LogP contribution >= 0.6 is 0 Å². The normalized spacial score (nSPS) is 20.9. The van der Waals surface area contributed by atoms with Gasteiger partial charge in [-0.05, 0) is 88.4 Å². The van der Waals surface area contributed by atoms with Gasteiger partial charge in [0.25, 0.3) is 0 Å². The third-order valence-corrected chi connectivity index (χ3v) is 9.03. The first-order chi connectivity index (χ1) is 20.2. The number of piperazine rings is 1. The number of nitrogens with one attached hydrogen (secondary N) is 2. The lowest BCUT2D eigenvalue weighted by Gasteiger charge is -2.45. The Hall–Kier alpha value is -3.52. The van der Waals surface area contributed by atoms with Gasteiger partial charge < -0.3 is 24.7 Å². The zero-order valence-electron chi connectivity index (χ0n) is 25.2. The molecule has 2 fully saturated rings. The van der Waals surface area contributed by atoms with Crippen LogP contribution in [0.3, 0.4) is 0 Å². The average Bonchev–Trinajstić information content (AvgIpc) is 3.46. The molecule has 3 aliphatic rings. The number of carbonyl (C=O) groups is 2. The second-order valence-corrected chi connectivity index (χ2v) is 13.1. The minimum atomic E-state index is -0.700. The minimum Gasteiger partial charge on any atom is -0.428 e. The van der Waals surface area contributed by atoms with E-state index >= 15 is 0 Å². The standard InChI is InChI=1S/C34H44N4O4/c1-34(2,3)42-33(40)41-25-13-15-27-24(22-25)12-14-29(36-27)31(32(39)23-8-5-4-6-9-23)38-20-18-37(19-21-38)30-11-7-10-28-26(30)16-17-35-28/h7,10-11,13,15-17,22-23,29,31,35-36H,4-6,8-9,12,14,18-21H2,1-3H3. The quantitative estimate of drug-likeness (QED) is 0.256. The summed E-state index contributed by atoms with van der Waals surface area (Å²) in [5.74, 6) is 1.05. The lowest BCUT2D eigenvalue weighted by Crippen LogP contribution is -2.60. The number of rotatable bonds is 6. The summed E-state index contributed by atoms with van der Waals surface area (Å²) >= 11 is 0. The van der Waals surface area contributed by atoms with Crippen molar-refractivity contribution in [3.63, 3.8) is 0 Å². The SMILES string of the molecule is CC(C)(C)OC(=O)Oc1ccc2c(c1)CCC(C(C(=O)C1CCCCC1)N1CCN(c3cccc4[nH]ccc34)CC1)N2. The summed E-state index contributed by atoms with van der Waals surface area (Å²) in [6.45, 7) is 8.96. The highest BCUT2D eigenvalue weighted by molar-refractivity contribution is 5.92. The van der Waals surface area contributed by atoms with E-state index in [1.54, 1.807) is 6.07 Å². The van der Waals surface area contributed by atoms with Crippen LogP contribution in [0.25, 0.3) is 10.9 Å². The molecule has 2 aliphatic heterocycles. The molecule has 6 rings (SSSR count). The molecule has 3 aromatic rings. The number of nitrogens with zero attached hydrogens (tertiary/aromatic N) is 2. The number of aromatic amines is 1. The Bertz CT molecular complexity index is 1410. The van der Waals surface area contributed by atoms with Gasteiger partial charge in [-0.1, -0.05) is 25.3 Å². The maximum absolute atomic E-state index is 14.2. The Kier molecular flexibility index (Phi) is 8.17. The first-order valence-electron chi connectivity index (χ1n) is 15.6. The molecule has 2 N–H and O–H groups in total. The van der Waals surface area contributed by atoms with Gasteiger partial charge in [0.1, 0.15) is 11.4 Å². The summed E-state index contributed by atoms with van der Waals surface area (Å²) < 4.78 is 10.8. The number of anilines is 2. The van der Waals surface area contributed by atoms with Crippen molar-refractivity contribution < 1.29 is 19.1 Å². The van der Waals surface area contributed by atoms with Crippen LogP contribution in [0.5, 0.6) is 5.75 Å². The number of hydrogen-bond donors (Lipinski definition) is 2. The fraction of sp³-hybridized carbons (Fsp3) is 0.529. The lowest BCUT2D eigenvalue weighted by atomic mass is 9.80. The highest BCUT2D eigenvalue weighted by atomic mass is 16.7. The van der Waals surface area contributed by atoms with Gasteiger partial charge in [0.05, 0.1) is 6.04 Å². The zero-order chi connectivity index (χ0) is 29.3. The largest absolute Gasteiger partial charge is 0.514 e. The number of carbonyl (C=O) groups excluding carboxylic acids is 2. The van der Waals surface area contributed by atoms with E-state index in [0.717, 1.165) is 81.5 Å². The third-order valence-electron chi connectivity index (χ3n) is 9.03. The predicted molar refractivity (Wildman–Crippen MR) is 166 cm³/mol. The van der Waals surface area contributed by atoms with E-state index in [2.05, 4.69) is 44.4 Å². The number of aromatic nitrogens is 1. The molecule has 1 saturated heterocycles. The molecule has 0 spiro atoms. The first kappa shape index (κ1) is 28.6. The van der Waals surface area contributed by atoms with Crippen molar-refractivity contribution in [3.05, 3.63) is 54.2 Å². The molecule has 2 aromatic carbocycles. The van der Waals surface area contributed by atoms with E-state index in [0.29, 0.717) is 11.5 Å². The molecule has 3 heterocycles. The van der Waals surface area contributed by atoms with Gasteiger partial charge in [-0.25, -0.2) is 4.79 Å². The average molecular weight is 573 g/mol. The molecule has 8 nitrogen and oxygen atoms in total. The first-order valence-corrected chi connectivity index (χ1v) is 15.6. The number of ketones is 1. The maximum Gasteiger partial charge on any atom is 0.514 e. The highest BCUT2D eigenvalue weighted by Crippen LogP contribution is 2.35. The van der Waals surface area contributed by atoms with Crippen molar-refractivity contribution >= 4 is 34.2 Å². The van der Waals surface area contributed by atoms with Crippen LogP contribution in [0.15, 0.2) is 48.7 Å². The molecular formula is C34H44N4O4. The van der Waals surface area contributed by atoms with Crippen molar-refractivity contribution in [2.24, 2.45) is 5.92 Å². The third kappa shape index (κ3) is 6.28. The minimum absolute atomic E-state index is 0.0456. The Morgan fingerprint density at radius 1 is 0.952 bits per heavy atom. The van der Waals surface area contributed by atoms with Crippen LogP contribution in [0, 0.1) is 5.92 Å². The zero-order valence-corrected chi connectivity index (χ0v) is 25.2. The summed E-state index contributed by atoms with van der Waals surface area (Å²) in [6, 6.07) is 14.2. The predicted octanol–water partition coefficient (Wildman–Crippen LogP) is 6.55. The number of aryl methyl sites for hydroxylation is 1. The number of fused-ring (bicyclic) bond motifs is 2. The van der Waals surface area contributed by atoms with E-state index < -0.39 is 11.8 Å². The van der Waals surface area contributed by atoms with Gasteiger partial charge >= 0.3 is 6.16 Å². The Morgan fingerprint density at radius 2 is 1.74 bits per heavy atom. The van der Waals surface area contributed by atoms with E-state index in [1.807, 2.05) is 39.1 Å². The fourth-order valence-electron chi connectivity index (χ4n) is 7.01. The van der Waals surface area contributed by atoms with E-state index in [1.165, 1.54) is 17.5 Å². The van der Waals surface area contributed by atoms with E-state index in [9.17, 15) is 9.59 Å². The number of hydrogen-bond acceptors (Lipinski definition) is 7. The van der Waals surface area contributed by atoms with Crippen molar-refractivity contribution in [2.75, 3.05) is 36.4 Å². The van der Waals surface area contributed by atoms with Crippen molar-refractivity contribution in [2.45, 2.75) is 83.4 Å². The van der Waals surface area contributed by atoms with Gasteiger partial charge in [-0.3, -0.25) is 9.69 Å². The van der Waals surface area contributed by atoms with Gasteiger partial charge in [-0.15, -0.1) is 0 Å². The van der Waals surface area contributed by atoms with Crippen molar-refractivity contribution in [1.82, 2.24) is 9.88 Å². The molecule has 0 amide bonds. The van der Waals surface area contributed by atoms with Crippen LogP contribution in [0.4, 0.5) is 16.2 Å². The van der Waals surface area contributed by atoms with E-state index in [-0.39, 0.29) is 18.0 Å². The van der Waals surface area contributed by atoms with Crippen LogP contribution in [0.1, 0.15) is 64.9 Å². The monoisotopic (exact) mass is 572 g/mol. The number of H-pyrrole nitrogens is 1. The summed E-state index contributed by atoms with van der Waals surface area (Å²) in [6.07, 6.45) is 8.55. The second kappa shape index (κ2) is 12.0. The van der Waals surface area contributed by atoms with Gasteiger partial charge in [0.15, 0.2) is 5.78 Å². The molecular weight excluding hydrogens is 528 g/mol. The molecule has 1 aromatic heterocycles. The van der Waals surface area contributed by atoms with Crippen LogP contribution < -0.4 is 15.0 Å². The van der Waals surface area contributed by atoms with E-state index in [4.69, 9.17) is 9.47 Å². The summed E-state index contributed by atoms with van der Waals surface area (Å²) in [4.78, 5) is 34.7. The number of Topliss-reactive ketones (excluding diaryl/α,β-unsaturated/α-hetero) is 1. The molecule has 1 aliphatic carbocycles. The molecule has 1 saturated carbocycles. The molecule has 2 atom stereocenters. The van der Waals surface area contributed by atoms with Crippen LogP contribution in [-0.4, -0.2) is 65.7 Å². The van der Waals surface area contributed by atoms with Crippen molar-refractivity contribution in [1.29, 1.82) is 0 Å². The van der Waals surface area contributed by atoms with Crippen LogP contribution in [0.2, 0.25) is 0 Å². The van der Waals surface area contributed by atoms with Gasteiger partial charge in [0, 0.05) is 66.6 Å². The Labute approximate surface area is 248 Å². The van der Waals surface area contributed by atoms with Crippen molar-refractivity contribution in [3.8, 4) is 5.75 Å².